The first-order valence-corrected chi connectivity index (χ1v) is 7.29. The molecule has 5 heteroatoms. The van der Waals surface area contributed by atoms with E-state index in [1.165, 1.54) is 7.11 Å². The molecule has 0 amide bonds. The summed E-state index contributed by atoms with van der Waals surface area (Å²) in [6, 6.07) is 15.3. The number of hydrogen-bond donors (Lipinski definition) is 0. The Morgan fingerprint density at radius 2 is 1.86 bits per heavy atom. The molecule has 0 saturated heterocycles. The minimum atomic E-state index is -0.349. The summed E-state index contributed by atoms with van der Waals surface area (Å²) in [5, 5.41) is 0.840. The van der Waals surface area contributed by atoms with E-state index in [2.05, 4.69) is 4.98 Å². The molecule has 3 aromatic rings. The number of para-hydroxylation sites is 2. The second-order valence-electron chi connectivity index (χ2n) is 4.53. The summed E-state index contributed by atoms with van der Waals surface area (Å²) in [7, 11) is 3.29. The van der Waals surface area contributed by atoms with Crippen molar-refractivity contribution in [3.05, 3.63) is 54.1 Å². The van der Waals surface area contributed by atoms with Crippen molar-refractivity contribution in [1.29, 1.82) is 0 Å². The molecule has 0 aliphatic heterocycles. The van der Waals surface area contributed by atoms with Crippen molar-refractivity contribution in [3.8, 4) is 0 Å². The number of ether oxygens (including phenoxy) is 1. The second-order valence-corrected chi connectivity index (χ2v) is 5.54. The fraction of sp³-hybridized carbons (Fsp3) is 0.125. The summed E-state index contributed by atoms with van der Waals surface area (Å²) >= 11 is 1.59. The minimum Gasteiger partial charge on any atom is -0.465 e. The molecule has 21 heavy (non-hydrogen) atoms. The predicted octanol–water partition coefficient (Wildman–Crippen LogP) is 3.85. The maximum Gasteiger partial charge on any atom is 0.339 e. The average molecular weight is 298 g/mol. The average Bonchev–Trinajstić information content (AvgIpc) is 2.97. The molecule has 0 unspecified atom stereocenters. The van der Waals surface area contributed by atoms with Crippen LogP contribution in [0.1, 0.15) is 10.4 Å². The highest BCUT2D eigenvalue weighted by atomic mass is 32.1. The first-order valence-electron chi connectivity index (χ1n) is 6.47. The Balaban J connectivity index is 2.05. The molecular weight excluding hydrogens is 284 g/mol. The largest absolute Gasteiger partial charge is 0.465 e. The third-order valence-electron chi connectivity index (χ3n) is 3.24. The molecule has 0 radical (unpaired) electrons. The van der Waals surface area contributed by atoms with Gasteiger partial charge in [0.2, 0.25) is 0 Å². The zero-order valence-corrected chi connectivity index (χ0v) is 12.6. The van der Waals surface area contributed by atoms with Gasteiger partial charge in [-0.15, -0.1) is 0 Å². The van der Waals surface area contributed by atoms with Gasteiger partial charge in [-0.3, -0.25) is 0 Å². The summed E-state index contributed by atoms with van der Waals surface area (Å²) in [6.45, 7) is 0. The van der Waals surface area contributed by atoms with E-state index < -0.39 is 0 Å². The molecule has 1 aromatic heterocycles. The van der Waals surface area contributed by atoms with Gasteiger partial charge in [0.05, 0.1) is 28.6 Å². The van der Waals surface area contributed by atoms with E-state index in [-0.39, 0.29) is 5.97 Å². The number of nitrogens with zero attached hydrogens (tertiary/aromatic N) is 2. The van der Waals surface area contributed by atoms with E-state index in [9.17, 15) is 4.79 Å². The number of aromatic nitrogens is 1. The van der Waals surface area contributed by atoms with Crippen LogP contribution in [0.4, 0.5) is 10.8 Å². The van der Waals surface area contributed by atoms with Crippen molar-refractivity contribution >= 4 is 38.3 Å². The molecular formula is C16H14N2O2S. The number of methoxy groups -OCH3 is 1. The number of carbonyl (C=O) groups excluding carboxylic acids is 1. The van der Waals surface area contributed by atoms with Crippen LogP contribution in [0.5, 0.6) is 0 Å². The molecule has 0 atom stereocenters. The fourth-order valence-corrected chi connectivity index (χ4v) is 3.10. The Morgan fingerprint density at radius 3 is 2.62 bits per heavy atom. The molecule has 106 valence electrons. The highest BCUT2D eigenvalue weighted by Crippen LogP contribution is 2.33. The van der Waals surface area contributed by atoms with Crippen molar-refractivity contribution in [2.75, 3.05) is 19.1 Å². The third kappa shape index (κ3) is 2.48. The van der Waals surface area contributed by atoms with E-state index in [4.69, 9.17) is 4.74 Å². The van der Waals surface area contributed by atoms with Crippen LogP contribution in [0, 0.1) is 0 Å². The lowest BCUT2D eigenvalue weighted by atomic mass is 10.1. The van der Waals surface area contributed by atoms with Crippen molar-refractivity contribution in [1.82, 2.24) is 4.98 Å². The van der Waals surface area contributed by atoms with Crippen molar-refractivity contribution in [2.45, 2.75) is 0 Å². The zero-order chi connectivity index (χ0) is 14.8. The van der Waals surface area contributed by atoms with Gasteiger partial charge in [-0.2, -0.15) is 0 Å². The van der Waals surface area contributed by atoms with Crippen LogP contribution in [-0.2, 0) is 4.74 Å². The van der Waals surface area contributed by atoms with Crippen molar-refractivity contribution < 1.29 is 9.53 Å². The number of carbonyl (C=O) groups is 1. The Bertz CT molecular complexity index is 765. The SMILES string of the molecule is COC(=O)c1ccccc1N(C)c1nc2ccccc2s1. The highest BCUT2D eigenvalue weighted by Gasteiger charge is 2.17. The van der Waals surface area contributed by atoms with E-state index in [1.807, 2.05) is 54.4 Å². The molecule has 0 N–H and O–H groups in total. The van der Waals surface area contributed by atoms with Gasteiger partial charge in [-0.1, -0.05) is 35.6 Å². The van der Waals surface area contributed by atoms with E-state index >= 15 is 0 Å². The van der Waals surface area contributed by atoms with E-state index in [0.717, 1.165) is 21.0 Å². The number of fused-ring (bicyclic) bond motifs is 1. The lowest BCUT2D eigenvalue weighted by molar-refractivity contribution is 0.0601. The first kappa shape index (κ1) is 13.6. The summed E-state index contributed by atoms with van der Waals surface area (Å²) in [6.07, 6.45) is 0. The van der Waals surface area contributed by atoms with Gasteiger partial charge >= 0.3 is 5.97 Å². The predicted molar refractivity (Wildman–Crippen MR) is 85.5 cm³/mol. The number of thiazole rings is 1. The maximum absolute atomic E-state index is 11.9. The Morgan fingerprint density at radius 1 is 1.14 bits per heavy atom. The maximum atomic E-state index is 11.9. The summed E-state index contributed by atoms with van der Waals surface area (Å²) < 4.78 is 5.96. The zero-order valence-electron chi connectivity index (χ0n) is 11.7. The van der Waals surface area contributed by atoms with Gasteiger partial charge in [0.15, 0.2) is 5.13 Å². The van der Waals surface area contributed by atoms with E-state index in [1.54, 1.807) is 17.4 Å². The molecule has 0 bridgehead atoms. The number of benzene rings is 2. The van der Waals surface area contributed by atoms with Crippen LogP contribution < -0.4 is 4.90 Å². The molecule has 0 fully saturated rings. The molecule has 0 aliphatic rings. The highest BCUT2D eigenvalue weighted by molar-refractivity contribution is 7.22. The van der Waals surface area contributed by atoms with Crippen LogP contribution in [0.2, 0.25) is 0 Å². The molecule has 0 spiro atoms. The van der Waals surface area contributed by atoms with Gasteiger partial charge in [-0.25, -0.2) is 9.78 Å². The molecule has 4 nitrogen and oxygen atoms in total. The van der Waals surface area contributed by atoms with Crippen LogP contribution in [-0.4, -0.2) is 25.1 Å². The smallest absolute Gasteiger partial charge is 0.339 e. The Hall–Kier alpha value is -2.40. The lowest BCUT2D eigenvalue weighted by Crippen LogP contribution is -2.14. The standard InChI is InChI=1S/C16H14N2O2S/c1-18(13-9-5-3-7-11(13)15(19)20-2)16-17-12-8-4-6-10-14(12)21-16/h3-10H,1-2H3. The van der Waals surface area contributed by atoms with Gasteiger partial charge in [-0.05, 0) is 24.3 Å². The van der Waals surface area contributed by atoms with Gasteiger partial charge in [0, 0.05) is 7.05 Å². The Labute approximate surface area is 126 Å². The monoisotopic (exact) mass is 298 g/mol. The quantitative estimate of drug-likeness (QED) is 0.689. The summed E-state index contributed by atoms with van der Waals surface area (Å²) in [4.78, 5) is 18.4. The molecule has 2 aromatic carbocycles. The Kier molecular flexibility index (Phi) is 3.58. The van der Waals surface area contributed by atoms with Crippen LogP contribution >= 0.6 is 11.3 Å². The molecule has 0 saturated carbocycles. The van der Waals surface area contributed by atoms with Gasteiger partial charge in [0.1, 0.15) is 0 Å². The lowest BCUT2D eigenvalue weighted by Gasteiger charge is -2.18. The minimum absolute atomic E-state index is 0.349. The van der Waals surface area contributed by atoms with Crippen LogP contribution in [0.15, 0.2) is 48.5 Å². The normalized spacial score (nSPS) is 10.6. The number of esters is 1. The van der Waals surface area contributed by atoms with Gasteiger partial charge in [0.25, 0.3) is 0 Å². The van der Waals surface area contributed by atoms with Crippen LogP contribution in [0.3, 0.4) is 0 Å². The van der Waals surface area contributed by atoms with Gasteiger partial charge < -0.3 is 9.64 Å². The summed E-state index contributed by atoms with van der Waals surface area (Å²) in [5.41, 5.74) is 2.27. The summed E-state index contributed by atoms with van der Waals surface area (Å²) in [5.74, 6) is -0.349. The molecule has 0 aliphatic carbocycles. The fourth-order valence-electron chi connectivity index (χ4n) is 2.16. The van der Waals surface area contributed by atoms with Crippen LogP contribution in [0.25, 0.3) is 10.2 Å². The number of rotatable bonds is 3. The first-order chi connectivity index (χ1) is 10.2. The van der Waals surface area contributed by atoms with E-state index in [0.29, 0.717) is 5.56 Å². The number of anilines is 2. The topological polar surface area (TPSA) is 42.4 Å². The number of hydrogen-bond acceptors (Lipinski definition) is 5. The third-order valence-corrected chi connectivity index (χ3v) is 4.35. The molecule has 3 rings (SSSR count). The van der Waals surface area contributed by atoms with Crippen molar-refractivity contribution in [3.63, 3.8) is 0 Å². The molecule has 1 heterocycles. The second kappa shape index (κ2) is 5.54. The van der Waals surface area contributed by atoms with Crippen molar-refractivity contribution in [2.24, 2.45) is 0 Å².